The first kappa shape index (κ1) is 6.93. The number of epoxide rings is 1. The minimum absolute atomic E-state index is 0.0584. The Morgan fingerprint density at radius 2 is 1.70 bits per heavy atom. The number of alkyl halides is 1. The van der Waals surface area contributed by atoms with E-state index in [-0.39, 0.29) is 5.56 Å². The normalized spacial score (nSPS) is 41.7. The molecule has 0 aromatic rings. The largest absolute Gasteiger partial charge is 0.352 e. The second-order valence-corrected chi connectivity index (χ2v) is 3.78. The van der Waals surface area contributed by atoms with Crippen LogP contribution in [0.15, 0.2) is 0 Å². The molecule has 0 spiro atoms. The van der Waals surface area contributed by atoms with Crippen molar-refractivity contribution >= 4 is 11.6 Å². The van der Waals surface area contributed by atoms with Gasteiger partial charge < -0.3 is 4.74 Å². The molecule has 58 valence electrons. The molecule has 0 N–H and O–H groups in total. The van der Waals surface area contributed by atoms with Crippen LogP contribution in [0.5, 0.6) is 0 Å². The van der Waals surface area contributed by atoms with E-state index in [1.54, 1.807) is 0 Å². The van der Waals surface area contributed by atoms with Gasteiger partial charge in [-0.3, -0.25) is 0 Å². The Kier molecular flexibility index (Phi) is 1.88. The third-order valence-electron chi connectivity index (χ3n) is 2.58. The summed E-state index contributed by atoms with van der Waals surface area (Å²) in [5, 5.41) is 0. The van der Waals surface area contributed by atoms with Gasteiger partial charge in [0.2, 0.25) is 0 Å². The lowest BCUT2D eigenvalue weighted by Gasteiger charge is -2.18. The molecule has 0 aromatic heterocycles. The summed E-state index contributed by atoms with van der Waals surface area (Å²) in [5.74, 6) is 0.788. The minimum atomic E-state index is 0.0584. The molecule has 1 aliphatic carbocycles. The Balaban J connectivity index is 1.81. The minimum Gasteiger partial charge on any atom is -0.352 e. The number of rotatable bonds is 1. The predicted molar refractivity (Wildman–Crippen MR) is 41.1 cm³/mol. The van der Waals surface area contributed by atoms with Crippen molar-refractivity contribution in [2.45, 2.75) is 43.8 Å². The van der Waals surface area contributed by atoms with E-state index in [4.69, 9.17) is 16.3 Å². The number of hydrogen-bond acceptors (Lipinski definition) is 1. The van der Waals surface area contributed by atoms with Gasteiger partial charge in [-0.2, -0.15) is 0 Å². The lowest BCUT2D eigenvalue weighted by Crippen LogP contribution is -2.13. The zero-order valence-electron chi connectivity index (χ0n) is 6.05. The zero-order valence-corrected chi connectivity index (χ0v) is 6.81. The summed E-state index contributed by atoms with van der Waals surface area (Å²) in [6.07, 6.45) is 7.28. The van der Waals surface area contributed by atoms with Gasteiger partial charge in [0.15, 0.2) is 5.56 Å². The van der Waals surface area contributed by atoms with Crippen LogP contribution in [0.1, 0.15) is 32.1 Å². The molecule has 0 radical (unpaired) electrons. The first-order chi connectivity index (χ1) is 4.88. The fourth-order valence-corrected chi connectivity index (χ4v) is 2.22. The van der Waals surface area contributed by atoms with Crippen LogP contribution in [0, 0.1) is 5.92 Å². The van der Waals surface area contributed by atoms with Crippen molar-refractivity contribution in [3.05, 3.63) is 0 Å². The molecule has 1 aliphatic heterocycles. The Bertz CT molecular complexity index is 120. The molecule has 10 heavy (non-hydrogen) atoms. The van der Waals surface area contributed by atoms with E-state index in [9.17, 15) is 0 Å². The van der Waals surface area contributed by atoms with E-state index in [2.05, 4.69) is 0 Å². The van der Waals surface area contributed by atoms with E-state index >= 15 is 0 Å². The van der Waals surface area contributed by atoms with Gasteiger partial charge in [0.25, 0.3) is 0 Å². The highest BCUT2D eigenvalue weighted by atomic mass is 35.5. The molecule has 2 fully saturated rings. The number of hydrogen-bond donors (Lipinski definition) is 0. The van der Waals surface area contributed by atoms with Gasteiger partial charge in [-0.15, -0.1) is 0 Å². The molecular formula is C8H13ClO. The van der Waals surface area contributed by atoms with Crippen LogP contribution >= 0.6 is 11.6 Å². The van der Waals surface area contributed by atoms with Gasteiger partial charge in [0.1, 0.15) is 6.10 Å². The summed E-state index contributed by atoms with van der Waals surface area (Å²) in [7, 11) is 0. The average Bonchev–Trinajstić information content (AvgIpc) is 2.69. The molecule has 1 saturated heterocycles. The summed E-state index contributed by atoms with van der Waals surface area (Å²) < 4.78 is 5.22. The zero-order chi connectivity index (χ0) is 6.97. The molecule has 2 atom stereocenters. The molecular weight excluding hydrogens is 148 g/mol. The van der Waals surface area contributed by atoms with Crippen LogP contribution in [-0.4, -0.2) is 11.7 Å². The smallest absolute Gasteiger partial charge is 0.158 e. The molecule has 2 unspecified atom stereocenters. The Morgan fingerprint density at radius 3 is 2.20 bits per heavy atom. The quantitative estimate of drug-likeness (QED) is 0.424. The topological polar surface area (TPSA) is 12.5 Å². The van der Waals surface area contributed by atoms with Gasteiger partial charge in [-0.05, 0) is 18.8 Å². The Labute approximate surface area is 66.7 Å². The molecule has 0 aromatic carbocycles. The number of ether oxygens (including phenoxy) is 1. The van der Waals surface area contributed by atoms with Gasteiger partial charge in [0, 0.05) is 0 Å². The lowest BCUT2D eigenvalue weighted by atomic mass is 9.87. The highest BCUT2D eigenvalue weighted by molar-refractivity contribution is 6.21. The average molecular weight is 161 g/mol. The fraction of sp³-hybridized carbons (Fsp3) is 1.00. The third-order valence-corrected chi connectivity index (χ3v) is 2.93. The van der Waals surface area contributed by atoms with Gasteiger partial charge in [0.05, 0.1) is 0 Å². The standard InChI is InChI=1S/C8H13ClO/c9-8-7(10-8)6-4-2-1-3-5-6/h6-8H,1-5H2. The van der Waals surface area contributed by atoms with Gasteiger partial charge in [-0.1, -0.05) is 30.9 Å². The van der Waals surface area contributed by atoms with Crippen molar-refractivity contribution in [2.24, 2.45) is 5.92 Å². The maximum Gasteiger partial charge on any atom is 0.158 e. The van der Waals surface area contributed by atoms with Crippen LogP contribution < -0.4 is 0 Å². The third kappa shape index (κ3) is 1.30. The highest BCUT2D eigenvalue weighted by Gasteiger charge is 2.43. The first-order valence-corrected chi connectivity index (χ1v) is 4.61. The molecule has 2 aliphatic rings. The van der Waals surface area contributed by atoms with Crippen LogP contribution in [0.3, 0.4) is 0 Å². The van der Waals surface area contributed by atoms with Crippen molar-refractivity contribution in [2.75, 3.05) is 0 Å². The molecule has 0 amide bonds. The maximum atomic E-state index is 5.76. The van der Waals surface area contributed by atoms with Crippen molar-refractivity contribution in [1.82, 2.24) is 0 Å². The summed E-state index contributed by atoms with van der Waals surface area (Å²) in [5.41, 5.74) is 0.0584. The predicted octanol–water partition coefficient (Wildman–Crippen LogP) is 2.53. The molecule has 2 rings (SSSR count). The van der Waals surface area contributed by atoms with Gasteiger partial charge >= 0.3 is 0 Å². The first-order valence-electron chi connectivity index (χ1n) is 4.17. The second kappa shape index (κ2) is 2.71. The number of halogens is 1. The molecule has 2 heteroatoms. The van der Waals surface area contributed by atoms with E-state index in [1.165, 1.54) is 32.1 Å². The van der Waals surface area contributed by atoms with Crippen molar-refractivity contribution < 1.29 is 4.74 Å². The molecule has 1 heterocycles. The highest BCUT2D eigenvalue weighted by Crippen LogP contribution is 2.39. The summed E-state index contributed by atoms with van der Waals surface area (Å²) in [6, 6.07) is 0. The fourth-order valence-electron chi connectivity index (χ4n) is 1.89. The van der Waals surface area contributed by atoms with E-state index in [0.717, 1.165) is 5.92 Å². The monoisotopic (exact) mass is 160 g/mol. The molecule has 1 saturated carbocycles. The molecule has 1 nitrogen and oxygen atoms in total. The van der Waals surface area contributed by atoms with Crippen molar-refractivity contribution in [3.8, 4) is 0 Å². The molecule has 0 bridgehead atoms. The Morgan fingerprint density at radius 1 is 1.10 bits per heavy atom. The second-order valence-electron chi connectivity index (χ2n) is 3.35. The maximum absolute atomic E-state index is 5.76. The summed E-state index contributed by atoms with van der Waals surface area (Å²) in [6.45, 7) is 0. The van der Waals surface area contributed by atoms with E-state index in [1.807, 2.05) is 0 Å². The van der Waals surface area contributed by atoms with E-state index < -0.39 is 0 Å². The van der Waals surface area contributed by atoms with Crippen molar-refractivity contribution in [3.63, 3.8) is 0 Å². The lowest BCUT2D eigenvalue weighted by molar-refractivity contribution is 0.265. The van der Waals surface area contributed by atoms with Crippen LogP contribution in [0.2, 0.25) is 0 Å². The SMILES string of the molecule is ClC1OC1C1CCCCC1. The summed E-state index contributed by atoms with van der Waals surface area (Å²) in [4.78, 5) is 0. The summed E-state index contributed by atoms with van der Waals surface area (Å²) >= 11 is 5.76. The van der Waals surface area contributed by atoms with Crippen LogP contribution in [-0.2, 0) is 4.74 Å². The van der Waals surface area contributed by atoms with E-state index in [0.29, 0.717) is 6.10 Å². The van der Waals surface area contributed by atoms with Crippen LogP contribution in [0.4, 0.5) is 0 Å². The van der Waals surface area contributed by atoms with Crippen LogP contribution in [0.25, 0.3) is 0 Å². The van der Waals surface area contributed by atoms with Gasteiger partial charge in [-0.25, -0.2) is 0 Å². The van der Waals surface area contributed by atoms with Crippen molar-refractivity contribution in [1.29, 1.82) is 0 Å². The Hall–Kier alpha value is 0.250.